The molecule has 0 fully saturated rings. The van der Waals surface area contributed by atoms with Gasteiger partial charge in [-0.2, -0.15) is 0 Å². The lowest BCUT2D eigenvalue weighted by Gasteiger charge is -2.24. The van der Waals surface area contributed by atoms with Crippen LogP contribution in [0.3, 0.4) is 0 Å². The molecule has 4 aromatic rings. The first-order chi connectivity index (χ1) is 18.4. The smallest absolute Gasteiger partial charge is 0.322 e. The highest BCUT2D eigenvalue weighted by Crippen LogP contribution is 2.29. The van der Waals surface area contributed by atoms with Crippen molar-refractivity contribution in [2.45, 2.75) is 13.0 Å². The summed E-state index contributed by atoms with van der Waals surface area (Å²) < 4.78 is 19.6. The molecule has 38 heavy (non-hydrogen) atoms. The highest BCUT2D eigenvalue weighted by Gasteiger charge is 2.18. The minimum absolute atomic E-state index is 0.166. The van der Waals surface area contributed by atoms with E-state index in [9.17, 15) is 14.0 Å². The van der Waals surface area contributed by atoms with Gasteiger partial charge in [0.15, 0.2) is 0 Å². The van der Waals surface area contributed by atoms with Gasteiger partial charge in [-0.15, -0.1) is 0 Å². The fourth-order valence-electron chi connectivity index (χ4n) is 3.91. The highest BCUT2D eigenvalue weighted by atomic mass is 35.5. The van der Waals surface area contributed by atoms with Crippen LogP contribution in [-0.4, -0.2) is 30.5 Å². The third kappa shape index (κ3) is 7.11. The zero-order chi connectivity index (χ0) is 26.9. The number of carbonyl (C=O) groups excluding carboxylic acids is 2. The topological polar surface area (TPSA) is 70.7 Å². The maximum absolute atomic E-state index is 14.3. The van der Waals surface area contributed by atoms with Gasteiger partial charge in [-0.05, 0) is 53.9 Å². The zero-order valence-electron chi connectivity index (χ0n) is 20.8. The number of halogens is 2. The number of methoxy groups -OCH3 is 1. The molecule has 0 atom stereocenters. The average molecular weight is 532 g/mol. The Hall–Kier alpha value is -4.36. The van der Waals surface area contributed by atoms with Crippen LogP contribution in [0.2, 0.25) is 5.02 Å². The Bertz CT molecular complexity index is 1400. The van der Waals surface area contributed by atoms with Crippen LogP contribution in [0.25, 0.3) is 0 Å². The maximum atomic E-state index is 14.3. The molecular formula is C30H27ClFN3O3. The SMILES string of the molecule is COc1ccc(NC(=O)N(CCc2ccccc2)Cc2ccccc2)cc1NC(=O)c1ccc(Cl)cc1F. The average Bonchev–Trinajstić information content (AvgIpc) is 2.92. The standard InChI is InChI=1S/C30H27ClFN3O3/c1-38-28-15-13-24(19-27(28)34-29(36)25-14-12-23(31)18-26(25)32)33-30(37)35(20-22-10-6-3-7-11-22)17-16-21-8-4-2-5-9-21/h2-15,18-19H,16-17,20H2,1H3,(H,33,37)(H,34,36). The van der Waals surface area contributed by atoms with Crippen molar-refractivity contribution >= 4 is 34.9 Å². The summed E-state index contributed by atoms with van der Waals surface area (Å²) in [7, 11) is 1.46. The lowest BCUT2D eigenvalue weighted by atomic mass is 10.1. The number of amides is 3. The summed E-state index contributed by atoms with van der Waals surface area (Å²) in [5.41, 5.74) is 2.69. The van der Waals surface area contributed by atoms with Crippen LogP contribution in [0.1, 0.15) is 21.5 Å². The van der Waals surface area contributed by atoms with Gasteiger partial charge < -0.3 is 20.3 Å². The van der Waals surface area contributed by atoms with Gasteiger partial charge in [-0.25, -0.2) is 9.18 Å². The summed E-state index contributed by atoms with van der Waals surface area (Å²) in [6, 6.07) is 28.1. The molecule has 6 nitrogen and oxygen atoms in total. The Balaban J connectivity index is 1.51. The van der Waals surface area contributed by atoms with Crippen LogP contribution in [0, 0.1) is 5.82 Å². The fourth-order valence-corrected chi connectivity index (χ4v) is 4.07. The van der Waals surface area contributed by atoms with Crippen molar-refractivity contribution in [1.29, 1.82) is 0 Å². The molecule has 0 unspecified atom stereocenters. The molecule has 194 valence electrons. The fraction of sp³-hybridized carbons (Fsp3) is 0.133. The van der Waals surface area contributed by atoms with Crippen molar-refractivity contribution in [2.75, 3.05) is 24.3 Å². The number of hydrogen-bond donors (Lipinski definition) is 2. The number of carbonyl (C=O) groups is 2. The van der Waals surface area contributed by atoms with Gasteiger partial charge in [-0.3, -0.25) is 4.79 Å². The molecule has 0 aliphatic rings. The summed E-state index contributed by atoms with van der Waals surface area (Å²) in [6.45, 7) is 0.926. The van der Waals surface area contributed by atoms with Crippen molar-refractivity contribution in [1.82, 2.24) is 4.90 Å². The quantitative estimate of drug-likeness (QED) is 0.244. The minimum atomic E-state index is -0.742. The van der Waals surface area contributed by atoms with Gasteiger partial charge in [0.25, 0.3) is 5.91 Å². The van der Waals surface area contributed by atoms with Crippen molar-refractivity contribution in [3.05, 3.63) is 125 Å². The van der Waals surface area contributed by atoms with E-state index < -0.39 is 11.7 Å². The second-order valence-electron chi connectivity index (χ2n) is 8.57. The number of rotatable bonds is 9. The van der Waals surface area contributed by atoms with Crippen LogP contribution in [-0.2, 0) is 13.0 Å². The summed E-state index contributed by atoms with van der Waals surface area (Å²) in [5, 5.41) is 5.75. The van der Waals surface area contributed by atoms with Crippen LogP contribution in [0.15, 0.2) is 97.1 Å². The number of anilines is 2. The van der Waals surface area contributed by atoms with Gasteiger partial charge >= 0.3 is 6.03 Å². The van der Waals surface area contributed by atoms with E-state index in [1.165, 1.54) is 19.2 Å². The Morgan fingerprint density at radius 3 is 2.21 bits per heavy atom. The molecule has 0 aliphatic carbocycles. The third-order valence-electron chi connectivity index (χ3n) is 5.89. The van der Waals surface area contributed by atoms with E-state index in [4.69, 9.17) is 16.3 Å². The van der Waals surface area contributed by atoms with Crippen LogP contribution in [0.5, 0.6) is 5.75 Å². The molecule has 4 rings (SSSR count). The number of ether oxygens (including phenoxy) is 1. The number of nitrogens with zero attached hydrogens (tertiary/aromatic N) is 1. The van der Waals surface area contributed by atoms with E-state index in [0.717, 1.165) is 17.2 Å². The highest BCUT2D eigenvalue weighted by molar-refractivity contribution is 6.30. The first-order valence-corrected chi connectivity index (χ1v) is 12.4. The van der Waals surface area contributed by atoms with Gasteiger partial charge in [-0.1, -0.05) is 72.3 Å². The molecule has 0 saturated carbocycles. The molecule has 3 amide bonds. The Morgan fingerprint density at radius 1 is 0.868 bits per heavy atom. The largest absolute Gasteiger partial charge is 0.495 e. The van der Waals surface area contributed by atoms with E-state index in [0.29, 0.717) is 30.9 Å². The lowest BCUT2D eigenvalue weighted by molar-refractivity contribution is 0.102. The Morgan fingerprint density at radius 2 is 1.55 bits per heavy atom. The summed E-state index contributed by atoms with van der Waals surface area (Å²) in [4.78, 5) is 27.8. The summed E-state index contributed by atoms with van der Waals surface area (Å²) >= 11 is 5.80. The lowest BCUT2D eigenvalue weighted by Crippen LogP contribution is -2.36. The maximum Gasteiger partial charge on any atom is 0.322 e. The number of urea groups is 1. The van der Waals surface area contributed by atoms with Crippen LogP contribution >= 0.6 is 11.6 Å². The number of hydrogen-bond acceptors (Lipinski definition) is 3. The number of nitrogens with one attached hydrogen (secondary N) is 2. The third-order valence-corrected chi connectivity index (χ3v) is 6.13. The van der Waals surface area contributed by atoms with Gasteiger partial charge in [0.05, 0.1) is 18.4 Å². The van der Waals surface area contributed by atoms with Gasteiger partial charge in [0.2, 0.25) is 0 Å². The molecule has 4 aromatic carbocycles. The monoisotopic (exact) mass is 531 g/mol. The predicted octanol–water partition coefficient (Wildman–Crippen LogP) is 7.02. The molecular weight excluding hydrogens is 505 g/mol. The van der Waals surface area contributed by atoms with E-state index in [1.807, 2.05) is 60.7 Å². The normalized spacial score (nSPS) is 10.5. The van der Waals surface area contributed by atoms with Gasteiger partial charge in [0.1, 0.15) is 11.6 Å². The molecule has 0 spiro atoms. The molecule has 0 heterocycles. The molecule has 2 N–H and O–H groups in total. The number of benzene rings is 4. The molecule has 0 saturated heterocycles. The molecule has 0 radical (unpaired) electrons. The predicted molar refractivity (Wildman–Crippen MR) is 148 cm³/mol. The zero-order valence-corrected chi connectivity index (χ0v) is 21.5. The first-order valence-electron chi connectivity index (χ1n) is 12.0. The second-order valence-corrected chi connectivity index (χ2v) is 9.00. The molecule has 8 heteroatoms. The van der Waals surface area contributed by atoms with E-state index >= 15 is 0 Å². The van der Waals surface area contributed by atoms with E-state index in [1.54, 1.807) is 23.1 Å². The van der Waals surface area contributed by atoms with Crippen molar-refractivity contribution in [2.24, 2.45) is 0 Å². The molecule has 0 bridgehead atoms. The Labute approximate surface area is 226 Å². The molecule has 0 aliphatic heterocycles. The van der Waals surface area contributed by atoms with Crippen LogP contribution < -0.4 is 15.4 Å². The van der Waals surface area contributed by atoms with E-state index in [2.05, 4.69) is 10.6 Å². The second kappa shape index (κ2) is 12.7. The van der Waals surface area contributed by atoms with Crippen molar-refractivity contribution < 1.29 is 18.7 Å². The van der Waals surface area contributed by atoms with Crippen LogP contribution in [0.4, 0.5) is 20.6 Å². The van der Waals surface area contributed by atoms with E-state index in [-0.39, 0.29) is 22.3 Å². The van der Waals surface area contributed by atoms with Crippen molar-refractivity contribution in [3.8, 4) is 5.75 Å². The summed E-state index contributed by atoms with van der Waals surface area (Å²) in [5.74, 6) is -1.06. The first kappa shape index (κ1) is 26.7. The minimum Gasteiger partial charge on any atom is -0.495 e. The summed E-state index contributed by atoms with van der Waals surface area (Å²) in [6.07, 6.45) is 0.692. The van der Waals surface area contributed by atoms with Gasteiger partial charge in [0, 0.05) is 23.8 Å². The Kier molecular flexibility index (Phi) is 8.95. The molecule has 0 aromatic heterocycles. The van der Waals surface area contributed by atoms with Crippen molar-refractivity contribution in [3.63, 3.8) is 0 Å².